The maximum Gasteiger partial charge on any atom is 0.124 e. The molecule has 0 aliphatic carbocycles. The third-order valence-corrected chi connectivity index (χ3v) is 3.70. The first-order valence-electron chi connectivity index (χ1n) is 5.13. The average molecular weight is 269 g/mol. The van der Waals surface area contributed by atoms with Gasteiger partial charge in [0.15, 0.2) is 0 Å². The molecule has 2 aromatic rings. The number of hydrogen-bond acceptors (Lipinski definition) is 4. The van der Waals surface area contributed by atoms with Gasteiger partial charge in [0.05, 0.1) is 18.2 Å². The smallest absolute Gasteiger partial charge is 0.124 e. The van der Waals surface area contributed by atoms with Crippen molar-refractivity contribution in [3.63, 3.8) is 0 Å². The van der Waals surface area contributed by atoms with E-state index in [0.29, 0.717) is 5.02 Å². The molecule has 0 aliphatic heterocycles. The molecule has 0 saturated carbocycles. The van der Waals surface area contributed by atoms with Gasteiger partial charge in [-0.25, -0.2) is 4.98 Å². The number of aromatic nitrogens is 1. The number of aryl methyl sites for hydroxylation is 1. The number of methoxy groups -OCH3 is 1. The van der Waals surface area contributed by atoms with Crippen LogP contribution in [0.3, 0.4) is 0 Å². The molecule has 1 aromatic carbocycles. The lowest BCUT2D eigenvalue weighted by Crippen LogP contribution is -2.11. The highest BCUT2D eigenvalue weighted by atomic mass is 35.5. The van der Waals surface area contributed by atoms with Crippen molar-refractivity contribution in [1.29, 1.82) is 0 Å². The van der Waals surface area contributed by atoms with Gasteiger partial charge in [0.1, 0.15) is 5.75 Å². The van der Waals surface area contributed by atoms with E-state index in [4.69, 9.17) is 22.1 Å². The van der Waals surface area contributed by atoms with E-state index in [0.717, 1.165) is 21.2 Å². The van der Waals surface area contributed by atoms with E-state index in [-0.39, 0.29) is 6.04 Å². The van der Waals surface area contributed by atoms with Gasteiger partial charge in [0.2, 0.25) is 0 Å². The molecule has 0 amide bonds. The Kier molecular flexibility index (Phi) is 3.66. The van der Waals surface area contributed by atoms with Crippen LogP contribution in [0.4, 0.5) is 0 Å². The summed E-state index contributed by atoms with van der Waals surface area (Å²) in [6, 6.07) is 5.19. The molecule has 3 nitrogen and oxygen atoms in total. The second-order valence-electron chi connectivity index (χ2n) is 3.65. The molecule has 0 aliphatic rings. The molecule has 17 heavy (non-hydrogen) atoms. The fraction of sp³-hybridized carbons (Fsp3) is 0.250. The standard InChI is InChI=1S/C12H13ClN2OS/c1-7-15-6-11(17-7)12(14)9-5-8(13)3-4-10(9)16-2/h3-6,12H,14H2,1-2H3. The van der Waals surface area contributed by atoms with Crippen LogP contribution in [0, 0.1) is 6.92 Å². The molecule has 2 N–H and O–H groups in total. The molecule has 90 valence electrons. The number of rotatable bonds is 3. The van der Waals surface area contributed by atoms with Crippen molar-refractivity contribution in [3.05, 3.63) is 44.9 Å². The highest BCUT2D eigenvalue weighted by Crippen LogP contribution is 2.32. The van der Waals surface area contributed by atoms with Crippen LogP contribution in [-0.2, 0) is 0 Å². The molecule has 5 heteroatoms. The number of nitrogens with two attached hydrogens (primary N) is 1. The highest BCUT2D eigenvalue weighted by Gasteiger charge is 2.16. The van der Waals surface area contributed by atoms with Gasteiger partial charge in [-0.2, -0.15) is 0 Å². The number of hydrogen-bond donors (Lipinski definition) is 1. The van der Waals surface area contributed by atoms with Crippen LogP contribution in [0.5, 0.6) is 5.75 Å². The summed E-state index contributed by atoms with van der Waals surface area (Å²) in [6.07, 6.45) is 1.80. The Morgan fingerprint density at radius 3 is 2.82 bits per heavy atom. The maximum atomic E-state index is 6.21. The first kappa shape index (κ1) is 12.4. The van der Waals surface area contributed by atoms with E-state index < -0.39 is 0 Å². The number of benzene rings is 1. The Bertz CT molecular complexity index is 527. The SMILES string of the molecule is COc1ccc(Cl)cc1C(N)c1cnc(C)s1. The lowest BCUT2D eigenvalue weighted by molar-refractivity contribution is 0.408. The first-order chi connectivity index (χ1) is 8.11. The Hall–Kier alpha value is -1.10. The summed E-state index contributed by atoms with van der Waals surface area (Å²) in [7, 11) is 1.62. The summed E-state index contributed by atoms with van der Waals surface area (Å²) in [6.45, 7) is 1.95. The van der Waals surface area contributed by atoms with Crippen LogP contribution in [0.1, 0.15) is 21.5 Å². The van der Waals surface area contributed by atoms with Crippen molar-refractivity contribution in [2.45, 2.75) is 13.0 Å². The predicted octanol–water partition coefficient (Wildman–Crippen LogP) is 3.16. The van der Waals surface area contributed by atoms with Gasteiger partial charge in [-0.05, 0) is 25.1 Å². The van der Waals surface area contributed by atoms with E-state index >= 15 is 0 Å². The van der Waals surface area contributed by atoms with Crippen molar-refractivity contribution in [3.8, 4) is 5.75 Å². The van der Waals surface area contributed by atoms with Crippen LogP contribution < -0.4 is 10.5 Å². The van der Waals surface area contributed by atoms with Crippen molar-refractivity contribution >= 4 is 22.9 Å². The molecule has 1 atom stereocenters. The quantitative estimate of drug-likeness (QED) is 0.930. The number of halogens is 1. The number of ether oxygens (including phenoxy) is 1. The monoisotopic (exact) mass is 268 g/mol. The lowest BCUT2D eigenvalue weighted by Gasteiger charge is -2.14. The summed E-state index contributed by atoms with van der Waals surface area (Å²) in [4.78, 5) is 5.21. The minimum Gasteiger partial charge on any atom is -0.496 e. The van der Waals surface area contributed by atoms with Gasteiger partial charge in [-0.3, -0.25) is 0 Å². The van der Waals surface area contributed by atoms with Gasteiger partial charge in [-0.1, -0.05) is 11.6 Å². The van der Waals surface area contributed by atoms with E-state index in [9.17, 15) is 0 Å². The van der Waals surface area contributed by atoms with Gasteiger partial charge >= 0.3 is 0 Å². The molecule has 1 aromatic heterocycles. The summed E-state index contributed by atoms with van der Waals surface area (Å²) < 4.78 is 5.30. The third kappa shape index (κ3) is 2.60. The zero-order valence-electron chi connectivity index (χ0n) is 9.61. The molecule has 0 spiro atoms. The Balaban J connectivity index is 2.42. The molecule has 2 rings (SSSR count). The number of nitrogens with zero attached hydrogens (tertiary/aromatic N) is 1. The molecular formula is C12H13ClN2OS. The fourth-order valence-corrected chi connectivity index (χ4v) is 2.61. The summed E-state index contributed by atoms with van der Waals surface area (Å²) in [5.74, 6) is 0.743. The molecule has 1 unspecified atom stereocenters. The van der Waals surface area contributed by atoms with E-state index in [1.165, 1.54) is 0 Å². The molecule has 0 fully saturated rings. The van der Waals surface area contributed by atoms with E-state index in [1.807, 2.05) is 19.1 Å². The van der Waals surface area contributed by atoms with Crippen LogP contribution >= 0.6 is 22.9 Å². The molecule has 0 radical (unpaired) electrons. The van der Waals surface area contributed by atoms with Crippen LogP contribution in [-0.4, -0.2) is 12.1 Å². The normalized spacial score (nSPS) is 12.5. The molecule has 0 bridgehead atoms. The van der Waals surface area contributed by atoms with Crippen LogP contribution in [0.25, 0.3) is 0 Å². The van der Waals surface area contributed by atoms with E-state index in [1.54, 1.807) is 30.7 Å². The Morgan fingerprint density at radius 1 is 1.47 bits per heavy atom. The maximum absolute atomic E-state index is 6.21. The van der Waals surface area contributed by atoms with Gasteiger partial charge < -0.3 is 10.5 Å². The Labute approximate surface area is 109 Å². The molecule has 0 saturated heterocycles. The Morgan fingerprint density at radius 2 is 2.24 bits per heavy atom. The largest absolute Gasteiger partial charge is 0.496 e. The summed E-state index contributed by atoms with van der Waals surface area (Å²) in [5.41, 5.74) is 7.09. The zero-order chi connectivity index (χ0) is 12.4. The average Bonchev–Trinajstić information content (AvgIpc) is 2.75. The molecule has 1 heterocycles. The van der Waals surface area contributed by atoms with Crippen molar-refractivity contribution < 1.29 is 4.74 Å². The second kappa shape index (κ2) is 5.04. The fourth-order valence-electron chi connectivity index (χ4n) is 1.62. The van der Waals surface area contributed by atoms with E-state index in [2.05, 4.69) is 4.98 Å². The van der Waals surface area contributed by atoms with Gasteiger partial charge in [0.25, 0.3) is 0 Å². The number of thiazole rings is 1. The lowest BCUT2D eigenvalue weighted by atomic mass is 10.1. The summed E-state index contributed by atoms with van der Waals surface area (Å²) >= 11 is 7.57. The highest BCUT2D eigenvalue weighted by molar-refractivity contribution is 7.11. The van der Waals surface area contributed by atoms with Gasteiger partial charge in [0, 0.05) is 21.7 Å². The van der Waals surface area contributed by atoms with Crippen LogP contribution in [0.15, 0.2) is 24.4 Å². The summed E-state index contributed by atoms with van der Waals surface area (Å²) in [5, 5.41) is 1.65. The minimum atomic E-state index is -0.255. The van der Waals surface area contributed by atoms with Crippen molar-refractivity contribution in [2.75, 3.05) is 7.11 Å². The van der Waals surface area contributed by atoms with Gasteiger partial charge in [-0.15, -0.1) is 11.3 Å². The second-order valence-corrected chi connectivity index (χ2v) is 5.35. The van der Waals surface area contributed by atoms with Crippen molar-refractivity contribution in [2.24, 2.45) is 5.73 Å². The zero-order valence-corrected chi connectivity index (χ0v) is 11.2. The predicted molar refractivity (Wildman–Crippen MR) is 70.9 cm³/mol. The minimum absolute atomic E-state index is 0.255. The van der Waals surface area contributed by atoms with Crippen LogP contribution in [0.2, 0.25) is 5.02 Å². The molecular weight excluding hydrogens is 256 g/mol. The topological polar surface area (TPSA) is 48.1 Å². The third-order valence-electron chi connectivity index (χ3n) is 2.47. The van der Waals surface area contributed by atoms with Crippen molar-refractivity contribution in [1.82, 2.24) is 4.98 Å². The first-order valence-corrected chi connectivity index (χ1v) is 6.32.